The quantitative estimate of drug-likeness (QED) is 0.394. The fraction of sp³-hybridized carbons (Fsp3) is 1.00. The molecule has 0 rings (SSSR count). The highest BCUT2D eigenvalue weighted by molar-refractivity contribution is 8.34. The Morgan fingerprint density at radius 1 is 1.67 bits per heavy atom. The minimum atomic E-state index is -3.57. The molecule has 4 nitrogen and oxygen atoms in total. The van der Waals surface area contributed by atoms with Crippen LogP contribution in [-0.2, 0) is 19.4 Å². The van der Waals surface area contributed by atoms with Crippen molar-refractivity contribution in [3.63, 3.8) is 0 Å². The van der Waals surface area contributed by atoms with Gasteiger partial charge in [-0.15, -0.1) is 0 Å². The first-order valence-electron chi connectivity index (χ1n) is 2.34. The van der Waals surface area contributed by atoms with Gasteiger partial charge < -0.3 is 5.32 Å². The molecule has 0 aliphatic rings. The van der Waals surface area contributed by atoms with Crippen LogP contribution in [0.3, 0.4) is 0 Å². The van der Waals surface area contributed by atoms with E-state index in [1.54, 1.807) is 7.05 Å². The molecule has 0 unspecified atom stereocenters. The first kappa shape index (κ1) is 9.25. The van der Waals surface area contributed by atoms with E-state index in [9.17, 15) is 4.21 Å². The lowest BCUT2D eigenvalue weighted by Gasteiger charge is -1.81. The minimum Gasteiger partial charge on any atom is -0.315 e. The molecule has 0 aromatic rings. The van der Waals surface area contributed by atoms with Gasteiger partial charge in [0.15, 0.2) is 0 Å². The molecular formula is C3H10NO3S2+. The fourth-order valence-electron chi connectivity index (χ4n) is 0.252. The first-order chi connectivity index (χ1) is 4.06. The van der Waals surface area contributed by atoms with Crippen molar-refractivity contribution in [1.29, 1.82) is 0 Å². The maximum Gasteiger partial charge on any atom is 0.430 e. The molecule has 0 aromatic heterocycles. The van der Waals surface area contributed by atoms with Gasteiger partial charge in [0.1, 0.15) is 0 Å². The Morgan fingerprint density at radius 3 is 2.56 bits per heavy atom. The molecule has 0 aliphatic heterocycles. The van der Waals surface area contributed by atoms with E-state index in [1.165, 1.54) is 0 Å². The van der Waals surface area contributed by atoms with Crippen LogP contribution in [0, 0.1) is 0 Å². The number of nitrogens with one attached hydrogen (secondary N) is 1. The van der Waals surface area contributed by atoms with E-state index in [1.807, 2.05) is 0 Å². The maximum atomic E-state index is 10.1. The van der Waals surface area contributed by atoms with E-state index in [-0.39, 0.29) is 0 Å². The van der Waals surface area contributed by atoms with Gasteiger partial charge in [0, 0.05) is 0 Å². The van der Waals surface area contributed by atoms with Crippen LogP contribution in [0.4, 0.5) is 0 Å². The Hall–Kier alpha value is 0.250. The van der Waals surface area contributed by atoms with Gasteiger partial charge in [-0.1, -0.05) is 0 Å². The van der Waals surface area contributed by atoms with Crippen LogP contribution >= 0.6 is 0 Å². The van der Waals surface area contributed by atoms with Crippen LogP contribution in [-0.4, -0.2) is 32.7 Å². The monoisotopic (exact) mass is 172 g/mol. The molecule has 9 heavy (non-hydrogen) atoms. The average Bonchev–Trinajstić information content (AvgIpc) is 1.63. The summed E-state index contributed by atoms with van der Waals surface area (Å²) in [6.45, 7) is 0.614. The van der Waals surface area contributed by atoms with Crippen LogP contribution in [0.2, 0.25) is 0 Å². The number of hydrogen-bond acceptors (Lipinski definition) is 2. The lowest BCUT2D eigenvalue weighted by atomic mass is 10.8. The highest BCUT2D eigenvalue weighted by Gasteiger charge is 2.07. The van der Waals surface area contributed by atoms with Gasteiger partial charge in [-0.05, 0) is 7.05 Å². The Labute approximate surface area is 57.9 Å². The molecule has 6 heteroatoms. The smallest absolute Gasteiger partial charge is 0.315 e. The third kappa shape index (κ3) is 8.25. The predicted octanol–water partition coefficient (Wildman–Crippen LogP) is -0.566. The van der Waals surface area contributed by atoms with E-state index in [2.05, 4.69) is 5.32 Å². The highest BCUT2D eigenvalue weighted by Crippen LogP contribution is 1.75. The molecule has 0 aromatic carbocycles. The summed E-state index contributed by atoms with van der Waals surface area (Å²) in [5.74, 6) is 0.433. The summed E-state index contributed by atoms with van der Waals surface area (Å²) in [4.78, 5) is 0. The number of rotatable bonds is 3. The predicted molar refractivity (Wildman–Crippen MR) is 39.6 cm³/mol. The molecular weight excluding hydrogens is 162 g/mol. The van der Waals surface area contributed by atoms with Crippen molar-refractivity contribution in [3.8, 4) is 0 Å². The van der Waals surface area contributed by atoms with Crippen LogP contribution in [0.15, 0.2) is 0 Å². The number of hydrogen-bond donors (Lipinski definition) is 3. The van der Waals surface area contributed by atoms with Crippen molar-refractivity contribution in [2.45, 2.75) is 0 Å². The van der Waals surface area contributed by atoms with Gasteiger partial charge in [0.25, 0.3) is 10.3 Å². The van der Waals surface area contributed by atoms with Gasteiger partial charge in [0.05, 0.1) is 6.54 Å². The zero-order valence-corrected chi connectivity index (χ0v) is 6.67. The fourth-order valence-corrected chi connectivity index (χ4v) is 1.66. The molecule has 0 heterocycles. The normalized spacial score (nSPS) is 11.4. The largest absolute Gasteiger partial charge is 0.430 e. The van der Waals surface area contributed by atoms with Crippen LogP contribution in [0.1, 0.15) is 0 Å². The molecule has 0 aliphatic carbocycles. The SMILES string of the molecule is CNCC[S+]=S(=O)(O)O. The van der Waals surface area contributed by atoms with Gasteiger partial charge in [-0.25, -0.2) is 0 Å². The van der Waals surface area contributed by atoms with E-state index < -0.39 is 9.05 Å². The Bertz CT molecular complexity index is 164. The summed E-state index contributed by atoms with van der Waals surface area (Å²) in [6.07, 6.45) is 0. The minimum absolute atomic E-state index is 0.433. The molecule has 0 saturated carbocycles. The molecule has 3 N–H and O–H groups in total. The summed E-state index contributed by atoms with van der Waals surface area (Å²) in [5.41, 5.74) is 0. The average molecular weight is 172 g/mol. The second-order valence-electron chi connectivity index (χ2n) is 1.37. The maximum absolute atomic E-state index is 10.1. The molecule has 0 atom stereocenters. The van der Waals surface area contributed by atoms with E-state index in [0.717, 1.165) is 0 Å². The molecule has 0 bridgehead atoms. The van der Waals surface area contributed by atoms with Crippen LogP contribution in [0.5, 0.6) is 0 Å². The Balaban J connectivity index is 3.59. The molecule has 0 saturated heterocycles. The standard InChI is InChI=1S/C3H9NO3S2/c1-4-2-3-8-9(5,6)7/h4H,2-3H2,1H3,(H-,5,6,7)/p+1. The Morgan fingerprint density at radius 2 is 2.22 bits per heavy atom. The van der Waals surface area contributed by atoms with Gasteiger partial charge >= 0.3 is 9.05 Å². The molecule has 0 spiro atoms. The third-order valence-corrected chi connectivity index (χ3v) is 2.69. The summed E-state index contributed by atoms with van der Waals surface area (Å²) < 4.78 is 26.6. The molecule has 56 valence electrons. The summed E-state index contributed by atoms with van der Waals surface area (Å²) in [5, 5.41) is 2.77. The lowest BCUT2D eigenvalue weighted by Crippen LogP contribution is -2.13. The van der Waals surface area contributed by atoms with Gasteiger partial charge in [0.2, 0.25) is 5.75 Å². The zero-order chi connectivity index (χ0) is 7.33. The van der Waals surface area contributed by atoms with Crippen molar-refractivity contribution < 1.29 is 13.3 Å². The van der Waals surface area contributed by atoms with E-state index in [4.69, 9.17) is 9.11 Å². The summed E-state index contributed by atoms with van der Waals surface area (Å²) >= 11 is 0. The van der Waals surface area contributed by atoms with Crippen molar-refractivity contribution in [3.05, 3.63) is 0 Å². The van der Waals surface area contributed by atoms with Crippen LogP contribution in [0.25, 0.3) is 0 Å². The molecule has 0 amide bonds. The second-order valence-corrected chi connectivity index (χ2v) is 4.92. The molecule has 0 fully saturated rings. The summed E-state index contributed by atoms with van der Waals surface area (Å²) in [7, 11) is -1.20. The van der Waals surface area contributed by atoms with E-state index >= 15 is 0 Å². The first-order valence-corrected chi connectivity index (χ1v) is 5.32. The lowest BCUT2D eigenvalue weighted by molar-refractivity contribution is 0.450. The van der Waals surface area contributed by atoms with Crippen molar-refractivity contribution in [2.75, 3.05) is 19.3 Å². The van der Waals surface area contributed by atoms with Crippen LogP contribution < -0.4 is 5.32 Å². The summed E-state index contributed by atoms with van der Waals surface area (Å²) in [6, 6.07) is 0. The third-order valence-electron chi connectivity index (χ3n) is 0.589. The van der Waals surface area contributed by atoms with Gasteiger partial charge in [-0.2, -0.15) is 4.21 Å². The second kappa shape index (κ2) is 4.13. The highest BCUT2D eigenvalue weighted by atomic mass is 32.9. The molecule has 0 radical (unpaired) electrons. The van der Waals surface area contributed by atoms with Crippen molar-refractivity contribution in [2.24, 2.45) is 0 Å². The Kier molecular flexibility index (Phi) is 4.24. The van der Waals surface area contributed by atoms with Crippen molar-refractivity contribution in [1.82, 2.24) is 5.32 Å². The van der Waals surface area contributed by atoms with Gasteiger partial charge in [-0.3, -0.25) is 9.11 Å². The van der Waals surface area contributed by atoms with E-state index in [0.29, 0.717) is 22.6 Å². The van der Waals surface area contributed by atoms with Crippen molar-refractivity contribution >= 4 is 19.4 Å². The topological polar surface area (TPSA) is 69.6 Å². The zero-order valence-electron chi connectivity index (χ0n) is 5.03.